The number of rotatable bonds is 3. The summed E-state index contributed by atoms with van der Waals surface area (Å²) < 4.78 is 2.12. The fourth-order valence-corrected chi connectivity index (χ4v) is 0.961. The van der Waals surface area contributed by atoms with E-state index in [0.29, 0.717) is 0 Å². The molecule has 0 saturated carbocycles. The maximum absolute atomic E-state index is 4.03. The lowest BCUT2D eigenvalue weighted by Crippen LogP contribution is -2.09. The molecular formula is C7H13N3. The van der Waals surface area contributed by atoms with Crippen LogP contribution in [0.5, 0.6) is 0 Å². The Morgan fingerprint density at radius 1 is 1.70 bits per heavy atom. The lowest BCUT2D eigenvalue weighted by molar-refractivity contribution is 0.674. The number of hydrogen-bond acceptors (Lipinski definition) is 2. The van der Waals surface area contributed by atoms with Crippen LogP contribution in [0, 0.1) is 0 Å². The molecule has 0 radical (unpaired) electrons. The third-order valence-corrected chi connectivity index (χ3v) is 1.50. The standard InChI is InChI=1S/C7H13N3/c1-3-10-6-9-5-7(10)4-8-2/h5-6,8H,3-4H2,1-2H3. The van der Waals surface area contributed by atoms with Crippen molar-refractivity contribution < 1.29 is 0 Å². The molecule has 1 aromatic rings. The molecule has 0 spiro atoms. The molecule has 0 fully saturated rings. The van der Waals surface area contributed by atoms with Crippen molar-refractivity contribution in [2.75, 3.05) is 7.05 Å². The summed E-state index contributed by atoms with van der Waals surface area (Å²) in [6, 6.07) is 0. The van der Waals surface area contributed by atoms with E-state index in [4.69, 9.17) is 0 Å². The summed E-state index contributed by atoms with van der Waals surface area (Å²) in [5.74, 6) is 0. The first-order valence-corrected chi connectivity index (χ1v) is 3.52. The summed E-state index contributed by atoms with van der Waals surface area (Å²) in [5, 5.41) is 3.08. The SMILES string of the molecule is CCn1cncc1CNC. The molecule has 10 heavy (non-hydrogen) atoms. The van der Waals surface area contributed by atoms with Crippen LogP contribution in [-0.2, 0) is 13.1 Å². The molecule has 0 aliphatic carbocycles. The van der Waals surface area contributed by atoms with E-state index in [9.17, 15) is 0 Å². The van der Waals surface area contributed by atoms with Crippen LogP contribution in [0.3, 0.4) is 0 Å². The minimum Gasteiger partial charge on any atom is -0.334 e. The zero-order valence-electron chi connectivity index (χ0n) is 6.46. The van der Waals surface area contributed by atoms with Crippen molar-refractivity contribution >= 4 is 0 Å². The van der Waals surface area contributed by atoms with Crippen LogP contribution in [0.2, 0.25) is 0 Å². The third kappa shape index (κ3) is 1.36. The lowest BCUT2D eigenvalue weighted by Gasteiger charge is -2.02. The van der Waals surface area contributed by atoms with E-state index in [1.165, 1.54) is 5.69 Å². The minimum atomic E-state index is 0.897. The Bertz CT molecular complexity index is 192. The van der Waals surface area contributed by atoms with Gasteiger partial charge in [0.05, 0.1) is 12.0 Å². The normalized spacial score (nSPS) is 10.2. The molecular weight excluding hydrogens is 126 g/mol. The predicted molar refractivity (Wildman–Crippen MR) is 40.7 cm³/mol. The Morgan fingerprint density at radius 2 is 2.50 bits per heavy atom. The number of nitrogens with zero attached hydrogens (tertiary/aromatic N) is 2. The van der Waals surface area contributed by atoms with Gasteiger partial charge in [0.2, 0.25) is 0 Å². The third-order valence-electron chi connectivity index (χ3n) is 1.50. The Kier molecular flexibility index (Phi) is 2.45. The van der Waals surface area contributed by atoms with Gasteiger partial charge in [-0.15, -0.1) is 0 Å². The molecule has 0 aromatic carbocycles. The second-order valence-corrected chi connectivity index (χ2v) is 2.20. The van der Waals surface area contributed by atoms with Crippen LogP contribution >= 0.6 is 0 Å². The Morgan fingerprint density at radius 3 is 3.10 bits per heavy atom. The first kappa shape index (κ1) is 7.28. The van der Waals surface area contributed by atoms with Crippen molar-refractivity contribution in [3.05, 3.63) is 18.2 Å². The number of imidazole rings is 1. The average molecular weight is 139 g/mol. The molecule has 3 nitrogen and oxygen atoms in total. The quantitative estimate of drug-likeness (QED) is 0.665. The summed E-state index contributed by atoms with van der Waals surface area (Å²) in [6.07, 6.45) is 3.74. The largest absolute Gasteiger partial charge is 0.334 e. The molecule has 3 heteroatoms. The van der Waals surface area contributed by atoms with E-state index in [1.54, 1.807) is 0 Å². The summed E-state index contributed by atoms with van der Waals surface area (Å²) in [6.45, 7) is 4.01. The summed E-state index contributed by atoms with van der Waals surface area (Å²) in [5.41, 5.74) is 1.24. The number of aromatic nitrogens is 2. The van der Waals surface area contributed by atoms with Crippen molar-refractivity contribution in [2.24, 2.45) is 0 Å². The highest BCUT2D eigenvalue weighted by Gasteiger charge is 1.95. The maximum Gasteiger partial charge on any atom is 0.0948 e. The van der Waals surface area contributed by atoms with Gasteiger partial charge in [-0.3, -0.25) is 0 Å². The van der Waals surface area contributed by atoms with Gasteiger partial charge in [0.1, 0.15) is 0 Å². The van der Waals surface area contributed by atoms with Gasteiger partial charge in [-0.05, 0) is 14.0 Å². The Balaban J connectivity index is 2.70. The molecule has 0 bridgehead atoms. The number of aryl methyl sites for hydroxylation is 1. The highest BCUT2D eigenvalue weighted by Crippen LogP contribution is 1.96. The Labute approximate surface area is 61.1 Å². The van der Waals surface area contributed by atoms with E-state index >= 15 is 0 Å². The summed E-state index contributed by atoms with van der Waals surface area (Å²) in [4.78, 5) is 4.03. The van der Waals surface area contributed by atoms with Crippen LogP contribution in [0.1, 0.15) is 12.6 Å². The van der Waals surface area contributed by atoms with Crippen LogP contribution in [0.4, 0.5) is 0 Å². The van der Waals surface area contributed by atoms with Crippen molar-refractivity contribution in [2.45, 2.75) is 20.0 Å². The topological polar surface area (TPSA) is 29.9 Å². The van der Waals surface area contributed by atoms with E-state index in [1.807, 2.05) is 19.6 Å². The van der Waals surface area contributed by atoms with E-state index in [2.05, 4.69) is 21.8 Å². The van der Waals surface area contributed by atoms with E-state index < -0.39 is 0 Å². The number of nitrogens with one attached hydrogen (secondary N) is 1. The van der Waals surface area contributed by atoms with Crippen LogP contribution < -0.4 is 5.32 Å². The van der Waals surface area contributed by atoms with Crippen LogP contribution in [-0.4, -0.2) is 16.6 Å². The maximum atomic E-state index is 4.03. The fourth-order valence-electron chi connectivity index (χ4n) is 0.961. The summed E-state index contributed by atoms with van der Waals surface area (Å²) in [7, 11) is 1.94. The van der Waals surface area contributed by atoms with Gasteiger partial charge in [-0.2, -0.15) is 0 Å². The molecule has 0 saturated heterocycles. The van der Waals surface area contributed by atoms with Crippen LogP contribution in [0.15, 0.2) is 12.5 Å². The molecule has 1 rings (SSSR count). The first-order valence-electron chi connectivity index (χ1n) is 3.52. The molecule has 1 heterocycles. The molecule has 0 unspecified atom stereocenters. The van der Waals surface area contributed by atoms with Crippen molar-refractivity contribution in [1.29, 1.82) is 0 Å². The van der Waals surface area contributed by atoms with Gasteiger partial charge in [-0.25, -0.2) is 4.98 Å². The zero-order valence-corrected chi connectivity index (χ0v) is 6.46. The second kappa shape index (κ2) is 3.37. The zero-order chi connectivity index (χ0) is 7.40. The Hall–Kier alpha value is -0.830. The smallest absolute Gasteiger partial charge is 0.0948 e. The lowest BCUT2D eigenvalue weighted by atomic mass is 10.4. The van der Waals surface area contributed by atoms with Gasteiger partial charge in [0.15, 0.2) is 0 Å². The average Bonchev–Trinajstić information content (AvgIpc) is 2.36. The number of hydrogen-bond donors (Lipinski definition) is 1. The monoisotopic (exact) mass is 139 g/mol. The predicted octanol–water partition coefficient (Wildman–Crippen LogP) is 0.622. The molecule has 0 atom stereocenters. The van der Waals surface area contributed by atoms with Gasteiger partial charge in [0.25, 0.3) is 0 Å². The van der Waals surface area contributed by atoms with Crippen molar-refractivity contribution in [1.82, 2.24) is 14.9 Å². The van der Waals surface area contributed by atoms with E-state index in [-0.39, 0.29) is 0 Å². The molecule has 0 aliphatic rings. The van der Waals surface area contributed by atoms with E-state index in [0.717, 1.165) is 13.1 Å². The fraction of sp³-hybridized carbons (Fsp3) is 0.571. The summed E-state index contributed by atoms with van der Waals surface area (Å²) >= 11 is 0. The molecule has 1 aromatic heterocycles. The molecule has 0 aliphatic heterocycles. The first-order chi connectivity index (χ1) is 4.88. The molecule has 0 amide bonds. The van der Waals surface area contributed by atoms with Gasteiger partial charge in [0, 0.05) is 19.3 Å². The molecule has 56 valence electrons. The van der Waals surface area contributed by atoms with Crippen molar-refractivity contribution in [3.63, 3.8) is 0 Å². The highest BCUT2D eigenvalue weighted by molar-refractivity contribution is 4.97. The highest BCUT2D eigenvalue weighted by atomic mass is 15.1. The molecule has 1 N–H and O–H groups in total. The van der Waals surface area contributed by atoms with Gasteiger partial charge < -0.3 is 9.88 Å². The van der Waals surface area contributed by atoms with Crippen molar-refractivity contribution in [3.8, 4) is 0 Å². The van der Waals surface area contributed by atoms with Gasteiger partial charge >= 0.3 is 0 Å². The van der Waals surface area contributed by atoms with Crippen LogP contribution in [0.25, 0.3) is 0 Å². The second-order valence-electron chi connectivity index (χ2n) is 2.20. The van der Waals surface area contributed by atoms with Gasteiger partial charge in [-0.1, -0.05) is 0 Å². The minimum absolute atomic E-state index is 0.897.